The molecule has 3 aromatic rings. The van der Waals surface area contributed by atoms with Crippen molar-refractivity contribution in [2.24, 2.45) is 0 Å². The number of carbonyl (C=O) groups is 2. The number of imidazole rings is 1. The summed E-state index contributed by atoms with van der Waals surface area (Å²) in [5.41, 5.74) is 2.41. The van der Waals surface area contributed by atoms with Crippen molar-refractivity contribution in [3.63, 3.8) is 0 Å². The lowest BCUT2D eigenvalue weighted by Crippen LogP contribution is -2.56. The largest absolute Gasteiger partial charge is 0.497 e. The van der Waals surface area contributed by atoms with Crippen LogP contribution in [0.3, 0.4) is 0 Å². The second kappa shape index (κ2) is 13.5. The SMILES string of the molecule is COc1ccc(-c2cnc3n2CCN(C)C32CCN(Cc3ccco3)CC2)cc1.O=C(O)C(F)(F)F.O=C(O)C(F)(F)F. The Labute approximate surface area is 242 Å². The number of fused-ring (bicyclic) bond motifs is 2. The average Bonchev–Trinajstić information content (AvgIpc) is 3.62. The number of rotatable bonds is 4. The summed E-state index contributed by atoms with van der Waals surface area (Å²) in [6.07, 6.45) is -4.19. The zero-order valence-electron chi connectivity index (χ0n) is 23.2. The third-order valence-corrected chi connectivity index (χ3v) is 7.18. The minimum Gasteiger partial charge on any atom is -0.497 e. The Hall–Kier alpha value is -4.05. The van der Waals surface area contributed by atoms with Gasteiger partial charge in [-0.2, -0.15) is 26.3 Å². The van der Waals surface area contributed by atoms with E-state index in [0.29, 0.717) is 0 Å². The molecule has 2 aromatic heterocycles. The fraction of sp³-hybridized carbons (Fsp3) is 0.444. The van der Waals surface area contributed by atoms with Crippen LogP contribution in [0.15, 0.2) is 53.3 Å². The molecular weight excluding hydrogens is 590 g/mol. The first-order chi connectivity index (χ1) is 20.1. The predicted molar refractivity (Wildman–Crippen MR) is 139 cm³/mol. The molecule has 0 radical (unpaired) electrons. The lowest BCUT2D eigenvalue weighted by molar-refractivity contribution is -0.193. The molecule has 1 spiro atoms. The van der Waals surface area contributed by atoms with E-state index in [1.165, 1.54) is 17.1 Å². The summed E-state index contributed by atoms with van der Waals surface area (Å²) in [5, 5.41) is 14.2. The molecule has 1 aromatic carbocycles. The highest BCUT2D eigenvalue weighted by molar-refractivity contribution is 5.73. The van der Waals surface area contributed by atoms with Gasteiger partial charge in [-0.15, -0.1) is 0 Å². The van der Waals surface area contributed by atoms with E-state index >= 15 is 0 Å². The summed E-state index contributed by atoms with van der Waals surface area (Å²) in [6.45, 7) is 5.01. The fourth-order valence-electron chi connectivity index (χ4n) is 4.91. The van der Waals surface area contributed by atoms with E-state index in [4.69, 9.17) is 33.9 Å². The van der Waals surface area contributed by atoms with E-state index in [0.717, 1.165) is 57.1 Å². The molecule has 4 heterocycles. The second-order valence-electron chi connectivity index (χ2n) is 9.76. The number of hydrogen-bond acceptors (Lipinski definition) is 7. The third-order valence-electron chi connectivity index (χ3n) is 7.18. The molecule has 2 aliphatic rings. The molecule has 236 valence electrons. The molecule has 0 bridgehead atoms. The van der Waals surface area contributed by atoms with Gasteiger partial charge in [-0.05, 0) is 56.3 Å². The maximum atomic E-state index is 10.6. The summed E-state index contributed by atoms with van der Waals surface area (Å²) in [6, 6.07) is 12.3. The third kappa shape index (κ3) is 8.28. The number of aromatic nitrogens is 2. The van der Waals surface area contributed by atoms with Crippen molar-refractivity contribution in [2.45, 2.75) is 43.8 Å². The highest BCUT2D eigenvalue weighted by Crippen LogP contribution is 2.42. The Bertz CT molecular complexity index is 1320. The van der Waals surface area contributed by atoms with E-state index in [1.54, 1.807) is 13.4 Å². The molecule has 16 heteroatoms. The molecule has 2 N–H and O–H groups in total. The van der Waals surface area contributed by atoms with Crippen LogP contribution in [0.4, 0.5) is 26.3 Å². The summed E-state index contributed by atoms with van der Waals surface area (Å²) in [4.78, 5) is 27.8. The van der Waals surface area contributed by atoms with E-state index in [1.807, 2.05) is 24.4 Å². The first-order valence-corrected chi connectivity index (χ1v) is 12.8. The number of likely N-dealkylation sites (tertiary alicyclic amines) is 1. The van der Waals surface area contributed by atoms with Gasteiger partial charge >= 0.3 is 24.3 Å². The van der Waals surface area contributed by atoms with Crippen LogP contribution in [0.5, 0.6) is 5.75 Å². The Morgan fingerprint density at radius 2 is 1.51 bits per heavy atom. The van der Waals surface area contributed by atoms with Crippen LogP contribution in [0.25, 0.3) is 11.3 Å². The molecule has 0 unspecified atom stereocenters. The topological polar surface area (TPSA) is 121 Å². The van der Waals surface area contributed by atoms with Crippen LogP contribution in [-0.4, -0.2) is 87.6 Å². The average molecular weight is 621 g/mol. The smallest absolute Gasteiger partial charge is 0.490 e. The number of alkyl halides is 6. The van der Waals surface area contributed by atoms with E-state index in [-0.39, 0.29) is 5.54 Å². The lowest BCUT2D eigenvalue weighted by atomic mass is 9.83. The quantitative estimate of drug-likeness (QED) is 0.394. The monoisotopic (exact) mass is 620 g/mol. The Balaban J connectivity index is 0.000000303. The van der Waals surface area contributed by atoms with Gasteiger partial charge in [-0.25, -0.2) is 14.6 Å². The van der Waals surface area contributed by atoms with Crippen LogP contribution in [0.1, 0.15) is 24.4 Å². The van der Waals surface area contributed by atoms with E-state index in [2.05, 4.69) is 39.6 Å². The van der Waals surface area contributed by atoms with Gasteiger partial charge in [0.15, 0.2) is 0 Å². The van der Waals surface area contributed by atoms with Gasteiger partial charge in [0.05, 0.1) is 37.3 Å². The highest BCUT2D eigenvalue weighted by atomic mass is 19.4. The molecule has 0 amide bonds. The molecule has 0 aliphatic carbocycles. The van der Waals surface area contributed by atoms with Gasteiger partial charge in [0.25, 0.3) is 0 Å². The van der Waals surface area contributed by atoms with Gasteiger partial charge in [-0.3, -0.25) is 9.80 Å². The van der Waals surface area contributed by atoms with Gasteiger partial charge in [0.1, 0.15) is 17.3 Å². The first-order valence-electron chi connectivity index (χ1n) is 12.8. The molecule has 1 saturated heterocycles. The van der Waals surface area contributed by atoms with Crippen LogP contribution in [0.2, 0.25) is 0 Å². The number of carboxylic acid groups (broad SMARTS) is 2. The van der Waals surface area contributed by atoms with Gasteiger partial charge < -0.3 is 23.9 Å². The number of halogens is 6. The summed E-state index contributed by atoms with van der Waals surface area (Å²) in [5.74, 6) is -2.37. The number of furan rings is 1. The molecule has 10 nitrogen and oxygen atoms in total. The second-order valence-corrected chi connectivity index (χ2v) is 9.76. The van der Waals surface area contributed by atoms with Gasteiger partial charge in [0, 0.05) is 31.7 Å². The molecule has 0 atom stereocenters. The Kier molecular flexibility index (Phi) is 10.5. The van der Waals surface area contributed by atoms with Crippen LogP contribution >= 0.6 is 0 Å². The number of benzene rings is 1. The van der Waals surface area contributed by atoms with E-state index in [9.17, 15) is 26.3 Å². The van der Waals surface area contributed by atoms with Crippen LogP contribution < -0.4 is 4.74 Å². The zero-order chi connectivity index (χ0) is 32.0. The maximum absolute atomic E-state index is 10.6. The summed E-state index contributed by atoms with van der Waals surface area (Å²) < 4.78 is 76.8. The fourth-order valence-corrected chi connectivity index (χ4v) is 4.91. The van der Waals surface area contributed by atoms with E-state index < -0.39 is 24.3 Å². The number of likely N-dealkylation sites (N-methyl/N-ethyl adjacent to an activating group) is 1. The number of carboxylic acids is 2. The zero-order valence-corrected chi connectivity index (χ0v) is 23.2. The number of ether oxygens (including phenoxy) is 1. The number of hydrogen-bond donors (Lipinski definition) is 2. The minimum atomic E-state index is -5.08. The summed E-state index contributed by atoms with van der Waals surface area (Å²) in [7, 11) is 3.96. The molecule has 0 saturated carbocycles. The number of nitrogens with zero attached hydrogens (tertiary/aromatic N) is 4. The van der Waals surface area contributed by atoms with Crippen molar-refractivity contribution in [2.75, 3.05) is 33.8 Å². The molecule has 1 fully saturated rings. The van der Waals surface area contributed by atoms with Crippen LogP contribution in [0, 0.1) is 0 Å². The van der Waals surface area contributed by atoms with Crippen molar-refractivity contribution in [3.8, 4) is 17.0 Å². The van der Waals surface area contributed by atoms with Crippen molar-refractivity contribution in [1.82, 2.24) is 19.4 Å². The minimum absolute atomic E-state index is 0.0165. The maximum Gasteiger partial charge on any atom is 0.490 e. The lowest BCUT2D eigenvalue weighted by Gasteiger charge is -2.49. The number of aliphatic carboxylic acids is 2. The summed E-state index contributed by atoms with van der Waals surface area (Å²) >= 11 is 0. The molecule has 43 heavy (non-hydrogen) atoms. The standard InChI is InChI=1S/C23H28N4O2.2C2HF3O2/c1-25-13-14-27-21(18-5-7-19(28-2)8-6-18)16-24-22(27)23(25)9-11-26(12-10-23)17-20-4-3-15-29-20;2*3-2(4,5)1(6)7/h3-8,15-16H,9-14,17H2,1-2H3;2*(H,6,7). The van der Waals surface area contributed by atoms with Crippen molar-refractivity contribution in [1.29, 1.82) is 0 Å². The van der Waals surface area contributed by atoms with Crippen molar-refractivity contribution >= 4 is 11.9 Å². The van der Waals surface area contributed by atoms with Crippen LogP contribution in [-0.2, 0) is 28.2 Å². The van der Waals surface area contributed by atoms with Crippen molar-refractivity contribution in [3.05, 3.63) is 60.4 Å². The first kappa shape index (κ1) is 33.5. The normalized spacial score (nSPS) is 16.7. The number of methoxy groups -OCH3 is 1. The Morgan fingerprint density at radius 3 is 1.98 bits per heavy atom. The Morgan fingerprint density at radius 1 is 0.953 bits per heavy atom. The predicted octanol–water partition coefficient (Wildman–Crippen LogP) is 4.86. The van der Waals surface area contributed by atoms with Crippen molar-refractivity contribution < 1.29 is 55.3 Å². The highest BCUT2D eigenvalue weighted by Gasteiger charge is 2.45. The van der Waals surface area contributed by atoms with Gasteiger partial charge in [-0.1, -0.05) is 0 Å². The molecular formula is C27H30F6N4O6. The molecule has 2 aliphatic heterocycles. The number of piperidine rings is 1. The molecule has 5 rings (SSSR count). The van der Waals surface area contributed by atoms with Gasteiger partial charge in [0.2, 0.25) is 0 Å².